The van der Waals surface area contributed by atoms with Crippen LogP contribution in [0.15, 0.2) is 0 Å². The highest BCUT2D eigenvalue weighted by molar-refractivity contribution is 4.80. The first-order chi connectivity index (χ1) is 4.24. The fraction of sp³-hybridized carbons (Fsp3) is 1.00. The maximum Gasteiger partial charge on any atom is 0.0595 e. The summed E-state index contributed by atoms with van der Waals surface area (Å²) in [7, 11) is 3.92. The van der Waals surface area contributed by atoms with Crippen molar-refractivity contribution in [2.75, 3.05) is 27.2 Å². The van der Waals surface area contributed by atoms with Crippen LogP contribution in [0.3, 0.4) is 0 Å². The van der Waals surface area contributed by atoms with Gasteiger partial charge in [0, 0.05) is 26.1 Å². The summed E-state index contributed by atoms with van der Waals surface area (Å²) in [6, 6.07) is 0. The highest BCUT2D eigenvalue weighted by Gasteiger charge is 2.27. The van der Waals surface area contributed by atoms with Gasteiger partial charge in [0.2, 0.25) is 0 Å². The van der Waals surface area contributed by atoms with Crippen molar-refractivity contribution in [1.29, 1.82) is 0 Å². The van der Waals surface area contributed by atoms with Crippen LogP contribution in [-0.2, 0) is 4.74 Å². The average Bonchev–Trinajstić information content (AvgIpc) is 1.79. The molecule has 0 aromatic carbocycles. The lowest BCUT2D eigenvalue weighted by Gasteiger charge is -2.39. The fourth-order valence-corrected chi connectivity index (χ4v) is 1.24. The molecule has 0 bridgehead atoms. The molecule has 54 valence electrons. The van der Waals surface area contributed by atoms with Crippen LogP contribution in [0.25, 0.3) is 0 Å². The van der Waals surface area contributed by atoms with Crippen molar-refractivity contribution in [1.82, 2.24) is 4.90 Å². The summed E-state index contributed by atoms with van der Waals surface area (Å²) in [5, 5.41) is 0. The van der Waals surface area contributed by atoms with Gasteiger partial charge >= 0.3 is 0 Å². The molecule has 1 heterocycles. The van der Waals surface area contributed by atoms with Gasteiger partial charge in [-0.05, 0) is 14.0 Å². The van der Waals surface area contributed by atoms with Crippen LogP contribution in [0.4, 0.5) is 0 Å². The summed E-state index contributed by atoms with van der Waals surface area (Å²) in [4.78, 5) is 2.31. The third-order valence-corrected chi connectivity index (χ3v) is 2.13. The first-order valence-electron chi connectivity index (χ1n) is 3.45. The van der Waals surface area contributed by atoms with Gasteiger partial charge in [-0.3, -0.25) is 0 Å². The molecule has 9 heavy (non-hydrogen) atoms. The lowest BCUT2D eigenvalue weighted by molar-refractivity contribution is -0.00717. The lowest BCUT2D eigenvalue weighted by atomic mass is 9.96. The minimum atomic E-state index is 0.446. The Balaban J connectivity index is 2.15. The highest BCUT2D eigenvalue weighted by atomic mass is 16.5. The van der Waals surface area contributed by atoms with Gasteiger partial charge in [-0.15, -0.1) is 0 Å². The van der Waals surface area contributed by atoms with Crippen molar-refractivity contribution in [2.24, 2.45) is 5.92 Å². The van der Waals surface area contributed by atoms with Crippen molar-refractivity contribution in [2.45, 2.75) is 13.0 Å². The van der Waals surface area contributed by atoms with Crippen LogP contribution in [0.5, 0.6) is 0 Å². The van der Waals surface area contributed by atoms with E-state index in [0.29, 0.717) is 6.10 Å². The zero-order chi connectivity index (χ0) is 6.85. The van der Waals surface area contributed by atoms with Crippen molar-refractivity contribution < 1.29 is 4.74 Å². The van der Waals surface area contributed by atoms with Gasteiger partial charge in [-0.25, -0.2) is 0 Å². The molecule has 0 aliphatic carbocycles. The molecular formula is C7H15NO. The van der Waals surface area contributed by atoms with Gasteiger partial charge in [0.1, 0.15) is 0 Å². The first kappa shape index (κ1) is 7.03. The van der Waals surface area contributed by atoms with E-state index in [1.54, 1.807) is 7.11 Å². The quantitative estimate of drug-likeness (QED) is 0.541. The first-order valence-corrected chi connectivity index (χ1v) is 3.45. The third-order valence-electron chi connectivity index (χ3n) is 2.13. The molecule has 0 spiro atoms. The van der Waals surface area contributed by atoms with Crippen LogP contribution >= 0.6 is 0 Å². The Morgan fingerprint density at radius 3 is 2.44 bits per heavy atom. The fourth-order valence-electron chi connectivity index (χ4n) is 1.24. The molecule has 0 N–H and O–H groups in total. The van der Waals surface area contributed by atoms with Gasteiger partial charge in [-0.2, -0.15) is 0 Å². The Morgan fingerprint density at radius 2 is 2.11 bits per heavy atom. The number of nitrogens with zero attached hydrogens (tertiary/aromatic N) is 1. The summed E-state index contributed by atoms with van der Waals surface area (Å²) in [6.45, 7) is 4.54. The Bertz CT molecular complexity index is 88.9. The monoisotopic (exact) mass is 129 g/mol. The van der Waals surface area contributed by atoms with Gasteiger partial charge in [-0.1, -0.05) is 0 Å². The second-order valence-corrected chi connectivity index (χ2v) is 2.92. The zero-order valence-electron chi connectivity index (χ0n) is 6.42. The summed E-state index contributed by atoms with van der Waals surface area (Å²) in [6.07, 6.45) is 0.446. The summed E-state index contributed by atoms with van der Waals surface area (Å²) >= 11 is 0. The lowest BCUT2D eigenvalue weighted by Crippen LogP contribution is -2.49. The predicted octanol–water partition coefficient (Wildman–Crippen LogP) is 0.583. The molecule has 1 fully saturated rings. The number of likely N-dealkylation sites (tertiary alicyclic amines) is 1. The molecule has 0 saturated carbocycles. The third kappa shape index (κ3) is 1.43. The molecule has 0 aromatic rings. The van der Waals surface area contributed by atoms with E-state index in [1.165, 1.54) is 13.1 Å². The molecule has 1 saturated heterocycles. The number of hydrogen-bond acceptors (Lipinski definition) is 2. The molecule has 0 radical (unpaired) electrons. The molecule has 1 aliphatic rings. The Kier molecular flexibility index (Phi) is 2.09. The van der Waals surface area contributed by atoms with Crippen molar-refractivity contribution in [3.63, 3.8) is 0 Å². The second kappa shape index (κ2) is 2.67. The van der Waals surface area contributed by atoms with Crippen molar-refractivity contribution in [3.8, 4) is 0 Å². The standard InChI is InChI=1S/C7H15NO/c1-6(9-3)7-4-8(2)5-7/h6-7H,4-5H2,1-3H3/t6-/m0/s1. The van der Waals surface area contributed by atoms with E-state index in [-0.39, 0.29) is 0 Å². The topological polar surface area (TPSA) is 12.5 Å². The predicted molar refractivity (Wildman–Crippen MR) is 37.5 cm³/mol. The number of ether oxygens (including phenoxy) is 1. The van der Waals surface area contributed by atoms with Crippen LogP contribution in [0, 0.1) is 5.92 Å². The Morgan fingerprint density at radius 1 is 1.56 bits per heavy atom. The molecule has 0 unspecified atom stereocenters. The van der Waals surface area contributed by atoms with E-state index in [4.69, 9.17) is 4.74 Å². The molecule has 0 aromatic heterocycles. The summed E-state index contributed by atoms with van der Waals surface area (Å²) < 4.78 is 5.18. The van der Waals surface area contributed by atoms with Crippen molar-refractivity contribution in [3.05, 3.63) is 0 Å². The Hall–Kier alpha value is -0.0800. The average molecular weight is 129 g/mol. The van der Waals surface area contributed by atoms with Crippen LogP contribution < -0.4 is 0 Å². The molecule has 2 heteroatoms. The highest BCUT2D eigenvalue weighted by Crippen LogP contribution is 2.18. The SMILES string of the molecule is CO[C@@H](C)C1CN(C)C1. The van der Waals surface area contributed by atoms with E-state index < -0.39 is 0 Å². The van der Waals surface area contributed by atoms with E-state index >= 15 is 0 Å². The molecule has 1 atom stereocenters. The van der Waals surface area contributed by atoms with Gasteiger partial charge in [0.05, 0.1) is 6.10 Å². The second-order valence-electron chi connectivity index (χ2n) is 2.92. The van der Waals surface area contributed by atoms with E-state index in [0.717, 1.165) is 5.92 Å². The smallest absolute Gasteiger partial charge is 0.0595 e. The van der Waals surface area contributed by atoms with E-state index in [1.807, 2.05) is 0 Å². The number of rotatable bonds is 2. The Labute approximate surface area is 56.8 Å². The van der Waals surface area contributed by atoms with Crippen LogP contribution in [0.1, 0.15) is 6.92 Å². The molecule has 1 rings (SSSR count). The van der Waals surface area contributed by atoms with Gasteiger partial charge < -0.3 is 9.64 Å². The van der Waals surface area contributed by atoms with Gasteiger partial charge in [0.25, 0.3) is 0 Å². The van der Waals surface area contributed by atoms with E-state index in [9.17, 15) is 0 Å². The largest absolute Gasteiger partial charge is 0.381 e. The minimum Gasteiger partial charge on any atom is -0.381 e. The number of hydrogen-bond donors (Lipinski definition) is 0. The van der Waals surface area contributed by atoms with Crippen LogP contribution in [0.2, 0.25) is 0 Å². The van der Waals surface area contributed by atoms with Crippen LogP contribution in [-0.4, -0.2) is 38.3 Å². The summed E-state index contributed by atoms with van der Waals surface area (Å²) in [5.74, 6) is 0.778. The number of methoxy groups -OCH3 is 1. The summed E-state index contributed by atoms with van der Waals surface area (Å²) in [5.41, 5.74) is 0. The minimum absolute atomic E-state index is 0.446. The molecule has 2 nitrogen and oxygen atoms in total. The molecule has 0 amide bonds. The normalized spacial score (nSPS) is 25.7. The molecule has 1 aliphatic heterocycles. The van der Waals surface area contributed by atoms with Gasteiger partial charge in [0.15, 0.2) is 0 Å². The van der Waals surface area contributed by atoms with E-state index in [2.05, 4.69) is 18.9 Å². The van der Waals surface area contributed by atoms with Crippen molar-refractivity contribution >= 4 is 0 Å². The zero-order valence-corrected chi connectivity index (χ0v) is 6.42. The maximum atomic E-state index is 5.18. The maximum absolute atomic E-state index is 5.18. The molecular weight excluding hydrogens is 114 g/mol.